The van der Waals surface area contributed by atoms with Gasteiger partial charge in [0.2, 0.25) is 0 Å². The fourth-order valence-corrected chi connectivity index (χ4v) is 4.32. The van der Waals surface area contributed by atoms with Crippen molar-refractivity contribution in [1.82, 2.24) is 8.96 Å². The molecule has 0 saturated heterocycles. The minimum Gasteiger partial charge on any atom is -0.296 e. The quantitative estimate of drug-likeness (QED) is 0.694. The first-order chi connectivity index (χ1) is 10.1. The highest BCUT2D eigenvalue weighted by Gasteiger charge is 2.23. The maximum Gasteiger partial charge on any atom is 0.278 e. The molecule has 0 bridgehead atoms. The van der Waals surface area contributed by atoms with Gasteiger partial charge in [0.05, 0.1) is 6.20 Å². The summed E-state index contributed by atoms with van der Waals surface area (Å²) in [6, 6.07) is 12.1. The second-order valence-electron chi connectivity index (χ2n) is 4.21. The third kappa shape index (κ3) is 2.41. The molecule has 21 heavy (non-hydrogen) atoms. The Balaban J connectivity index is 2.24. The Bertz CT molecular complexity index is 866. The van der Waals surface area contributed by atoms with Gasteiger partial charge in [0, 0.05) is 5.56 Å². The summed E-state index contributed by atoms with van der Waals surface area (Å²) in [6.45, 7) is 0. The summed E-state index contributed by atoms with van der Waals surface area (Å²) in [6.07, 6.45) is 1.78. The molecule has 3 rings (SSSR count). The lowest BCUT2D eigenvalue weighted by Crippen LogP contribution is -2.12. The lowest BCUT2D eigenvalue weighted by atomic mass is 10.2. The van der Waals surface area contributed by atoms with E-state index < -0.39 is 10.0 Å². The van der Waals surface area contributed by atoms with Crippen molar-refractivity contribution in [3.8, 4) is 11.4 Å². The summed E-state index contributed by atoms with van der Waals surface area (Å²) in [7, 11) is -3.75. The predicted octanol–water partition coefficient (Wildman–Crippen LogP) is 2.66. The van der Waals surface area contributed by atoms with Crippen LogP contribution in [-0.2, 0) is 10.0 Å². The van der Waals surface area contributed by atoms with Crippen molar-refractivity contribution in [3.63, 3.8) is 0 Å². The van der Waals surface area contributed by atoms with Crippen molar-refractivity contribution in [2.45, 2.75) is 4.21 Å². The van der Waals surface area contributed by atoms with E-state index in [4.69, 9.17) is 0 Å². The van der Waals surface area contributed by atoms with Gasteiger partial charge in [-0.25, -0.2) is 8.96 Å². The van der Waals surface area contributed by atoms with Crippen molar-refractivity contribution in [1.29, 1.82) is 0 Å². The Morgan fingerprint density at radius 3 is 2.48 bits per heavy atom. The highest BCUT2D eigenvalue weighted by atomic mass is 32.2. The van der Waals surface area contributed by atoms with E-state index in [2.05, 4.69) is 4.98 Å². The number of benzene rings is 1. The molecule has 7 heteroatoms. The number of nitrogens with zero attached hydrogens (tertiary/aromatic N) is 2. The van der Waals surface area contributed by atoms with Gasteiger partial charge in [-0.05, 0) is 11.4 Å². The molecule has 0 saturated carbocycles. The molecule has 0 fully saturated rings. The van der Waals surface area contributed by atoms with Crippen LogP contribution in [0.5, 0.6) is 0 Å². The number of imidazole rings is 1. The third-order valence-corrected chi connectivity index (χ3v) is 5.88. The number of hydrogen-bond acceptors (Lipinski definition) is 5. The number of hydrogen-bond donors (Lipinski definition) is 0. The topological polar surface area (TPSA) is 69.0 Å². The fourth-order valence-electron chi connectivity index (χ4n) is 1.91. The molecule has 2 heterocycles. The van der Waals surface area contributed by atoms with Crippen molar-refractivity contribution >= 4 is 27.6 Å². The molecule has 0 aliphatic carbocycles. The van der Waals surface area contributed by atoms with Gasteiger partial charge in [-0.2, -0.15) is 8.42 Å². The maximum absolute atomic E-state index is 12.6. The molecular weight excluding hydrogens is 308 g/mol. The fraction of sp³-hybridized carbons (Fsp3) is 0. The van der Waals surface area contributed by atoms with Crippen LogP contribution in [0.25, 0.3) is 11.4 Å². The van der Waals surface area contributed by atoms with Crippen LogP contribution in [0.4, 0.5) is 0 Å². The van der Waals surface area contributed by atoms with Crippen molar-refractivity contribution < 1.29 is 13.2 Å². The van der Waals surface area contributed by atoms with E-state index >= 15 is 0 Å². The van der Waals surface area contributed by atoms with Crippen LogP contribution in [-0.4, -0.2) is 23.7 Å². The number of thiophene rings is 1. The molecule has 0 atom stereocenters. The summed E-state index contributed by atoms with van der Waals surface area (Å²) in [4.78, 5) is 15.0. The monoisotopic (exact) mass is 318 g/mol. The highest BCUT2D eigenvalue weighted by Crippen LogP contribution is 2.26. The first kappa shape index (κ1) is 13.7. The molecule has 1 aromatic carbocycles. The van der Waals surface area contributed by atoms with E-state index in [-0.39, 0.29) is 15.7 Å². The van der Waals surface area contributed by atoms with Gasteiger partial charge >= 0.3 is 0 Å². The van der Waals surface area contributed by atoms with Gasteiger partial charge in [-0.1, -0.05) is 36.4 Å². The van der Waals surface area contributed by atoms with Crippen molar-refractivity contribution in [2.24, 2.45) is 0 Å². The zero-order valence-electron chi connectivity index (χ0n) is 10.7. The Kier molecular flexibility index (Phi) is 3.44. The smallest absolute Gasteiger partial charge is 0.278 e. The molecule has 2 aromatic heterocycles. The Labute approximate surface area is 125 Å². The lowest BCUT2D eigenvalue weighted by Gasteiger charge is -2.07. The standard InChI is InChI=1S/C14H10N2O3S2/c17-10-12-9-16(21(18,19)13-7-4-8-20-13)14(15-12)11-5-2-1-3-6-11/h1-10H. The largest absolute Gasteiger partial charge is 0.296 e. The lowest BCUT2D eigenvalue weighted by molar-refractivity contribution is 0.111. The number of aromatic nitrogens is 2. The minimum absolute atomic E-state index is 0.0778. The number of aldehydes is 1. The van der Waals surface area contributed by atoms with Gasteiger partial charge in [-0.3, -0.25) is 4.79 Å². The van der Waals surface area contributed by atoms with Crippen LogP contribution >= 0.6 is 11.3 Å². The molecule has 0 N–H and O–H groups in total. The molecule has 0 spiro atoms. The SMILES string of the molecule is O=Cc1cn(S(=O)(=O)c2cccs2)c(-c2ccccc2)n1. The number of carbonyl (C=O) groups is 1. The van der Waals surface area contributed by atoms with Crippen LogP contribution in [0.1, 0.15) is 10.5 Å². The normalized spacial score (nSPS) is 11.4. The van der Waals surface area contributed by atoms with E-state index in [9.17, 15) is 13.2 Å². The molecule has 3 aromatic rings. The van der Waals surface area contributed by atoms with Crippen molar-refractivity contribution in [2.75, 3.05) is 0 Å². The Hall–Kier alpha value is -2.25. The number of rotatable bonds is 4. The van der Waals surface area contributed by atoms with E-state index in [1.807, 2.05) is 6.07 Å². The van der Waals surface area contributed by atoms with E-state index in [0.717, 1.165) is 15.3 Å². The van der Waals surface area contributed by atoms with Crippen LogP contribution in [0.2, 0.25) is 0 Å². The van der Waals surface area contributed by atoms with Gasteiger partial charge in [0.1, 0.15) is 9.90 Å². The zero-order chi connectivity index (χ0) is 14.9. The third-order valence-electron chi connectivity index (χ3n) is 2.85. The van der Waals surface area contributed by atoms with Gasteiger partial charge < -0.3 is 0 Å². The molecule has 0 aliphatic rings. The summed E-state index contributed by atoms with van der Waals surface area (Å²) >= 11 is 1.12. The van der Waals surface area contributed by atoms with E-state index in [1.165, 1.54) is 12.3 Å². The average molecular weight is 318 g/mol. The zero-order valence-corrected chi connectivity index (χ0v) is 12.3. The van der Waals surface area contributed by atoms with Crippen LogP contribution < -0.4 is 0 Å². The maximum atomic E-state index is 12.6. The first-order valence-electron chi connectivity index (χ1n) is 6.02. The first-order valence-corrected chi connectivity index (χ1v) is 8.34. The van der Waals surface area contributed by atoms with Gasteiger partial charge in [-0.15, -0.1) is 11.3 Å². The van der Waals surface area contributed by atoms with Crippen LogP contribution in [0.15, 0.2) is 58.3 Å². The van der Waals surface area contributed by atoms with Crippen LogP contribution in [0.3, 0.4) is 0 Å². The Morgan fingerprint density at radius 1 is 1.10 bits per heavy atom. The molecular formula is C14H10N2O3S2. The summed E-state index contributed by atoms with van der Waals surface area (Å²) in [5.41, 5.74) is 0.708. The molecule has 0 radical (unpaired) electrons. The molecule has 0 amide bonds. The number of carbonyl (C=O) groups excluding carboxylic acids is 1. The van der Waals surface area contributed by atoms with E-state index in [0.29, 0.717) is 11.8 Å². The molecule has 106 valence electrons. The molecule has 5 nitrogen and oxygen atoms in total. The molecule has 0 unspecified atom stereocenters. The summed E-state index contributed by atoms with van der Waals surface area (Å²) in [5.74, 6) is 0.228. The highest BCUT2D eigenvalue weighted by molar-refractivity contribution is 7.92. The van der Waals surface area contributed by atoms with Gasteiger partial charge in [0.15, 0.2) is 12.1 Å². The van der Waals surface area contributed by atoms with Crippen molar-refractivity contribution in [3.05, 3.63) is 59.7 Å². The van der Waals surface area contributed by atoms with E-state index in [1.54, 1.807) is 35.7 Å². The second kappa shape index (κ2) is 5.27. The summed E-state index contributed by atoms with van der Waals surface area (Å²) < 4.78 is 26.5. The molecule has 0 aliphatic heterocycles. The Morgan fingerprint density at radius 2 is 1.86 bits per heavy atom. The predicted molar refractivity (Wildman–Crippen MR) is 80.0 cm³/mol. The average Bonchev–Trinajstić information content (AvgIpc) is 3.18. The second-order valence-corrected chi connectivity index (χ2v) is 7.20. The summed E-state index contributed by atoms with van der Waals surface area (Å²) in [5, 5.41) is 1.69. The van der Waals surface area contributed by atoms with Crippen LogP contribution in [0, 0.1) is 0 Å². The van der Waals surface area contributed by atoms with Gasteiger partial charge in [0.25, 0.3) is 10.0 Å². The minimum atomic E-state index is -3.75.